The zero-order valence-corrected chi connectivity index (χ0v) is 9.38. The molecule has 0 aromatic carbocycles. The summed E-state index contributed by atoms with van der Waals surface area (Å²) in [5.74, 6) is -0.786. The Morgan fingerprint density at radius 1 is 1.53 bits per heavy atom. The minimum absolute atomic E-state index is 0.0375. The van der Waals surface area contributed by atoms with E-state index in [9.17, 15) is 9.59 Å². The predicted octanol–water partition coefficient (Wildman–Crippen LogP) is 1.38. The number of hydrogen-bond acceptors (Lipinski definition) is 4. The third-order valence-electron chi connectivity index (χ3n) is 1.35. The maximum absolute atomic E-state index is 11.5. The number of carbonyl (C=O) groups excluding carboxylic acids is 1. The molecular weight excluding hydrogens is 220 g/mol. The summed E-state index contributed by atoms with van der Waals surface area (Å²) in [5, 5.41) is 0.0375. The molecule has 0 aliphatic rings. The maximum atomic E-state index is 11.5. The van der Waals surface area contributed by atoms with Gasteiger partial charge >= 0.3 is 5.97 Å². The van der Waals surface area contributed by atoms with Crippen LogP contribution in [-0.2, 0) is 4.74 Å². The zero-order valence-electron chi connectivity index (χ0n) is 8.63. The van der Waals surface area contributed by atoms with Crippen LogP contribution in [0.3, 0.4) is 0 Å². The molecule has 1 heterocycles. The highest BCUT2D eigenvalue weighted by Gasteiger charge is 2.21. The first-order chi connectivity index (χ1) is 6.79. The van der Waals surface area contributed by atoms with Gasteiger partial charge in [0.15, 0.2) is 0 Å². The summed E-state index contributed by atoms with van der Waals surface area (Å²) in [5.41, 5.74) is -1.63. The third-order valence-corrected chi connectivity index (χ3v) is 1.54. The van der Waals surface area contributed by atoms with Gasteiger partial charge in [0.2, 0.25) is 5.69 Å². The number of hydrogen-bond donors (Lipinski definition) is 1. The molecule has 15 heavy (non-hydrogen) atoms. The average Bonchev–Trinajstić information content (AvgIpc) is 2.06. The number of esters is 1. The van der Waals surface area contributed by atoms with Crippen LogP contribution in [0.4, 0.5) is 0 Å². The van der Waals surface area contributed by atoms with E-state index in [1.54, 1.807) is 20.8 Å². The van der Waals surface area contributed by atoms with Gasteiger partial charge in [0, 0.05) is 6.20 Å². The molecule has 0 fully saturated rings. The zero-order chi connectivity index (χ0) is 11.6. The summed E-state index contributed by atoms with van der Waals surface area (Å²) in [6.45, 7) is 5.09. The Hall–Kier alpha value is -1.36. The second-order valence-corrected chi connectivity index (χ2v) is 4.29. The van der Waals surface area contributed by atoms with Crippen molar-refractivity contribution in [1.29, 1.82) is 0 Å². The molecule has 0 atom stereocenters. The predicted molar refractivity (Wildman–Crippen MR) is 55.0 cm³/mol. The first-order valence-corrected chi connectivity index (χ1v) is 4.66. The number of H-pyrrole nitrogens is 1. The number of nitrogens with one attached hydrogen (secondary N) is 1. The van der Waals surface area contributed by atoms with E-state index in [1.165, 1.54) is 6.20 Å². The van der Waals surface area contributed by atoms with Crippen LogP contribution in [-0.4, -0.2) is 21.5 Å². The van der Waals surface area contributed by atoms with Crippen molar-refractivity contribution >= 4 is 17.6 Å². The maximum Gasteiger partial charge on any atom is 0.363 e. The number of carbonyl (C=O) groups is 1. The third kappa shape index (κ3) is 3.36. The Labute approximate surface area is 91.4 Å². The van der Waals surface area contributed by atoms with E-state index in [0.29, 0.717) is 0 Å². The largest absolute Gasteiger partial charge is 0.455 e. The topological polar surface area (TPSA) is 72.0 Å². The lowest BCUT2D eigenvalue weighted by atomic mass is 10.2. The smallest absolute Gasteiger partial charge is 0.363 e. The second-order valence-electron chi connectivity index (χ2n) is 3.90. The molecule has 1 rings (SSSR count). The summed E-state index contributed by atoms with van der Waals surface area (Å²) in [6.07, 6.45) is 1.21. The molecule has 82 valence electrons. The van der Waals surface area contributed by atoms with Crippen LogP contribution in [0.1, 0.15) is 31.3 Å². The Kier molecular flexibility index (Phi) is 3.14. The van der Waals surface area contributed by atoms with Crippen molar-refractivity contribution < 1.29 is 9.53 Å². The van der Waals surface area contributed by atoms with E-state index < -0.39 is 17.1 Å². The molecule has 1 aromatic heterocycles. The lowest BCUT2D eigenvalue weighted by Gasteiger charge is -2.18. The average molecular weight is 231 g/mol. The number of nitrogens with zero attached hydrogens (tertiary/aromatic N) is 1. The minimum Gasteiger partial charge on any atom is -0.455 e. The quantitative estimate of drug-likeness (QED) is 0.740. The van der Waals surface area contributed by atoms with E-state index in [-0.39, 0.29) is 10.8 Å². The fourth-order valence-corrected chi connectivity index (χ4v) is 0.987. The molecule has 1 aromatic rings. The van der Waals surface area contributed by atoms with Crippen LogP contribution in [0.5, 0.6) is 0 Å². The minimum atomic E-state index is -0.786. The SMILES string of the molecule is CC(C)(C)OC(=O)c1nc(Cl)c[nH]c1=O. The number of aromatic nitrogens is 2. The molecule has 0 amide bonds. The first kappa shape index (κ1) is 11.7. The van der Waals surface area contributed by atoms with Gasteiger partial charge in [-0.2, -0.15) is 0 Å². The van der Waals surface area contributed by atoms with Gasteiger partial charge in [0.25, 0.3) is 5.56 Å². The summed E-state index contributed by atoms with van der Waals surface area (Å²) < 4.78 is 4.98. The van der Waals surface area contributed by atoms with Gasteiger partial charge in [0.05, 0.1) is 0 Å². The van der Waals surface area contributed by atoms with Gasteiger partial charge in [-0.1, -0.05) is 11.6 Å². The van der Waals surface area contributed by atoms with Crippen molar-refractivity contribution in [2.24, 2.45) is 0 Å². The van der Waals surface area contributed by atoms with Gasteiger partial charge in [-0.15, -0.1) is 0 Å². The molecule has 5 nitrogen and oxygen atoms in total. The van der Waals surface area contributed by atoms with Gasteiger partial charge in [-0.25, -0.2) is 9.78 Å². The highest BCUT2D eigenvalue weighted by molar-refractivity contribution is 6.29. The summed E-state index contributed by atoms with van der Waals surface area (Å²) in [6, 6.07) is 0. The molecule has 1 N–H and O–H groups in total. The van der Waals surface area contributed by atoms with E-state index in [1.807, 2.05) is 0 Å². The van der Waals surface area contributed by atoms with Gasteiger partial charge < -0.3 is 9.72 Å². The highest BCUT2D eigenvalue weighted by Crippen LogP contribution is 2.09. The Morgan fingerprint density at radius 3 is 2.67 bits per heavy atom. The van der Waals surface area contributed by atoms with Crippen LogP contribution in [0.25, 0.3) is 0 Å². The van der Waals surface area contributed by atoms with Crippen molar-refractivity contribution in [2.75, 3.05) is 0 Å². The van der Waals surface area contributed by atoms with Crippen molar-refractivity contribution in [2.45, 2.75) is 26.4 Å². The van der Waals surface area contributed by atoms with Crippen molar-refractivity contribution in [3.63, 3.8) is 0 Å². The van der Waals surface area contributed by atoms with E-state index in [0.717, 1.165) is 0 Å². The summed E-state index contributed by atoms with van der Waals surface area (Å²) >= 11 is 5.54. The molecule has 0 saturated heterocycles. The number of ether oxygens (including phenoxy) is 1. The van der Waals surface area contributed by atoms with Gasteiger partial charge in [0.1, 0.15) is 10.8 Å². The highest BCUT2D eigenvalue weighted by atomic mass is 35.5. The fraction of sp³-hybridized carbons (Fsp3) is 0.444. The molecule has 0 unspecified atom stereocenters. The van der Waals surface area contributed by atoms with Crippen LogP contribution < -0.4 is 5.56 Å². The normalized spacial score (nSPS) is 11.2. The molecule has 0 radical (unpaired) electrons. The molecule has 0 spiro atoms. The van der Waals surface area contributed by atoms with Crippen LogP contribution in [0.2, 0.25) is 5.15 Å². The second kappa shape index (κ2) is 4.02. The molecule has 0 aliphatic carbocycles. The first-order valence-electron chi connectivity index (χ1n) is 4.28. The molecule has 0 aliphatic heterocycles. The lowest BCUT2D eigenvalue weighted by molar-refractivity contribution is 0.00606. The van der Waals surface area contributed by atoms with E-state index in [2.05, 4.69) is 9.97 Å². The summed E-state index contributed by atoms with van der Waals surface area (Å²) in [7, 11) is 0. The van der Waals surface area contributed by atoms with Crippen molar-refractivity contribution in [1.82, 2.24) is 9.97 Å². The fourth-order valence-electron chi connectivity index (χ4n) is 0.848. The standard InChI is InChI=1S/C9H11ClN2O3/c1-9(2,3)15-8(14)6-7(13)11-4-5(10)12-6/h4H,1-3H3,(H,11,13). The van der Waals surface area contributed by atoms with Crippen molar-refractivity contribution in [3.05, 3.63) is 27.4 Å². The Morgan fingerprint density at radius 2 is 2.13 bits per heavy atom. The van der Waals surface area contributed by atoms with E-state index >= 15 is 0 Å². The number of rotatable bonds is 1. The Bertz CT molecular complexity index is 434. The molecule has 0 bridgehead atoms. The van der Waals surface area contributed by atoms with Crippen LogP contribution in [0, 0.1) is 0 Å². The van der Waals surface area contributed by atoms with Gasteiger partial charge in [-0.05, 0) is 20.8 Å². The number of aromatic amines is 1. The van der Waals surface area contributed by atoms with E-state index in [4.69, 9.17) is 16.3 Å². The van der Waals surface area contributed by atoms with Gasteiger partial charge in [-0.3, -0.25) is 4.79 Å². The molecule has 0 saturated carbocycles. The van der Waals surface area contributed by atoms with Crippen LogP contribution >= 0.6 is 11.6 Å². The van der Waals surface area contributed by atoms with Crippen molar-refractivity contribution in [3.8, 4) is 0 Å². The van der Waals surface area contributed by atoms with Crippen LogP contribution in [0.15, 0.2) is 11.0 Å². The Balaban J connectivity index is 3.02. The molecule has 6 heteroatoms. The molecular formula is C9H11ClN2O3. The lowest BCUT2D eigenvalue weighted by Crippen LogP contribution is -2.29. The monoisotopic (exact) mass is 230 g/mol. The summed E-state index contributed by atoms with van der Waals surface area (Å²) in [4.78, 5) is 28.6. The number of halogens is 1.